The molecular formula is C39H52N2O8. The monoisotopic (exact) mass is 676 g/mol. The Bertz CT molecular complexity index is 1460. The maximum Gasteiger partial charge on any atom is 0.410 e. The van der Waals surface area contributed by atoms with Crippen LogP contribution in [0.4, 0.5) is 4.79 Å². The highest BCUT2D eigenvalue weighted by molar-refractivity contribution is 5.72. The number of piperidine rings is 1. The number of para-hydroxylation sites is 2. The third-order valence-corrected chi connectivity index (χ3v) is 8.14. The lowest BCUT2D eigenvalue weighted by Gasteiger charge is -2.39. The van der Waals surface area contributed by atoms with Gasteiger partial charge in [-0.05, 0) is 81.0 Å². The van der Waals surface area contributed by atoms with E-state index in [-0.39, 0.29) is 24.0 Å². The molecule has 2 amide bonds. The van der Waals surface area contributed by atoms with Crippen molar-refractivity contribution >= 4 is 12.0 Å². The van der Waals surface area contributed by atoms with Gasteiger partial charge in [-0.2, -0.15) is 0 Å². The molecule has 1 aliphatic rings. The van der Waals surface area contributed by atoms with Crippen molar-refractivity contribution in [2.45, 2.75) is 64.6 Å². The van der Waals surface area contributed by atoms with Gasteiger partial charge >= 0.3 is 6.09 Å². The van der Waals surface area contributed by atoms with Crippen molar-refractivity contribution in [2.24, 2.45) is 0 Å². The second kappa shape index (κ2) is 19.0. The van der Waals surface area contributed by atoms with Gasteiger partial charge in [0.05, 0.1) is 39.6 Å². The topological polar surface area (TPSA) is 105 Å². The van der Waals surface area contributed by atoms with Gasteiger partial charge in [0.25, 0.3) is 0 Å². The van der Waals surface area contributed by atoms with Crippen LogP contribution in [0.3, 0.4) is 0 Å². The quantitative estimate of drug-likeness (QED) is 0.169. The number of amides is 2. The zero-order valence-electron chi connectivity index (χ0n) is 29.6. The molecule has 10 heteroatoms. The average Bonchev–Trinajstić information content (AvgIpc) is 3.08. The minimum atomic E-state index is -0.582. The van der Waals surface area contributed by atoms with E-state index in [0.29, 0.717) is 59.1 Å². The lowest BCUT2D eigenvalue weighted by atomic mass is 9.87. The fraction of sp³-hybridized carbons (Fsp3) is 0.487. The van der Waals surface area contributed by atoms with Crippen LogP contribution in [0.15, 0.2) is 72.8 Å². The van der Waals surface area contributed by atoms with Crippen molar-refractivity contribution in [1.82, 2.24) is 10.2 Å². The van der Waals surface area contributed by atoms with Crippen LogP contribution in [-0.2, 0) is 31.8 Å². The molecule has 1 saturated heterocycles. The molecule has 3 aromatic carbocycles. The summed E-state index contributed by atoms with van der Waals surface area (Å²) in [6, 6.07) is 23.9. The van der Waals surface area contributed by atoms with Crippen molar-refractivity contribution in [3.05, 3.63) is 89.5 Å². The summed E-state index contributed by atoms with van der Waals surface area (Å²) in [6.07, 6.45) is 1.59. The molecule has 0 spiro atoms. The van der Waals surface area contributed by atoms with Crippen molar-refractivity contribution in [2.75, 3.05) is 59.8 Å². The molecule has 4 rings (SSSR count). The summed E-state index contributed by atoms with van der Waals surface area (Å²) in [6.45, 7) is 10.9. The van der Waals surface area contributed by atoms with E-state index < -0.39 is 5.60 Å². The van der Waals surface area contributed by atoms with E-state index in [4.69, 9.17) is 28.4 Å². The highest BCUT2D eigenvalue weighted by Crippen LogP contribution is 2.32. The minimum Gasteiger partial charge on any atom is -0.496 e. The fourth-order valence-electron chi connectivity index (χ4n) is 5.76. The van der Waals surface area contributed by atoms with Crippen molar-refractivity contribution in [1.29, 1.82) is 0 Å². The molecule has 3 aromatic rings. The van der Waals surface area contributed by atoms with E-state index in [1.165, 1.54) is 6.92 Å². The highest BCUT2D eigenvalue weighted by Gasteiger charge is 2.35. The van der Waals surface area contributed by atoms with Crippen LogP contribution in [0.25, 0.3) is 0 Å². The number of carbonyl (C=O) groups excluding carboxylic acids is 2. The van der Waals surface area contributed by atoms with Crippen LogP contribution in [0.1, 0.15) is 56.7 Å². The number of benzene rings is 3. The first-order valence-electron chi connectivity index (χ1n) is 17.1. The highest BCUT2D eigenvalue weighted by atomic mass is 16.6. The van der Waals surface area contributed by atoms with E-state index in [2.05, 4.69) is 17.4 Å². The Morgan fingerprint density at radius 2 is 1.49 bits per heavy atom. The molecule has 0 bridgehead atoms. The third-order valence-electron chi connectivity index (χ3n) is 8.14. The molecule has 1 heterocycles. The number of rotatable bonds is 17. The maximum atomic E-state index is 13.0. The first-order valence-corrected chi connectivity index (χ1v) is 17.1. The average molecular weight is 677 g/mol. The van der Waals surface area contributed by atoms with Crippen LogP contribution in [-0.4, -0.2) is 88.4 Å². The van der Waals surface area contributed by atoms with Gasteiger partial charge in [-0.1, -0.05) is 48.5 Å². The normalized spacial score (nSPS) is 16.1. The lowest BCUT2D eigenvalue weighted by molar-refractivity contribution is -0.118. The van der Waals surface area contributed by atoms with Crippen LogP contribution >= 0.6 is 0 Å². The largest absolute Gasteiger partial charge is 0.496 e. The predicted octanol–water partition coefficient (Wildman–Crippen LogP) is 6.20. The molecule has 0 aromatic heterocycles. The molecule has 2 unspecified atom stereocenters. The third kappa shape index (κ3) is 12.6. The van der Waals surface area contributed by atoms with Gasteiger partial charge in [-0.3, -0.25) is 4.79 Å². The van der Waals surface area contributed by atoms with Gasteiger partial charge < -0.3 is 38.6 Å². The molecule has 0 saturated carbocycles. The molecule has 0 radical (unpaired) electrons. The Morgan fingerprint density at radius 1 is 0.816 bits per heavy atom. The molecule has 49 heavy (non-hydrogen) atoms. The van der Waals surface area contributed by atoms with E-state index >= 15 is 0 Å². The Hall–Kier alpha value is -4.28. The number of hydrogen-bond donors (Lipinski definition) is 1. The summed E-state index contributed by atoms with van der Waals surface area (Å²) < 4.78 is 35.3. The summed E-state index contributed by atoms with van der Waals surface area (Å²) in [5.74, 6) is 2.43. The molecule has 266 valence electrons. The number of nitrogens with one attached hydrogen (secondary N) is 1. The second-order valence-corrected chi connectivity index (χ2v) is 13.0. The summed E-state index contributed by atoms with van der Waals surface area (Å²) in [5.41, 5.74) is 2.68. The summed E-state index contributed by atoms with van der Waals surface area (Å²) in [7, 11) is 1.68. The summed E-state index contributed by atoms with van der Waals surface area (Å²) in [5, 5.41) is 2.83. The number of carbonyl (C=O) groups is 2. The number of ether oxygens (including phenoxy) is 6. The lowest BCUT2D eigenvalue weighted by Crippen LogP contribution is -2.48. The van der Waals surface area contributed by atoms with Gasteiger partial charge in [0.15, 0.2) is 0 Å². The standard InChI is InChI=1S/C39H52N2O8/c1-29(42)40-21-18-31-10-7-9-13-36(31)47-26-27-48-37-28-41(38(43)49-39(2,3)4)22-19-34(37)30-14-16-33(17-15-30)46-25-24-45-23-20-32-11-6-8-12-35(32)44-5/h6-17,34,37H,18-28H2,1-5H3,(H,40,42). The molecule has 1 fully saturated rings. The Balaban J connectivity index is 1.29. The first kappa shape index (κ1) is 37.5. The van der Waals surface area contributed by atoms with Gasteiger partial charge in [0.1, 0.15) is 36.1 Å². The molecule has 0 aliphatic carbocycles. The van der Waals surface area contributed by atoms with E-state index in [0.717, 1.165) is 46.8 Å². The minimum absolute atomic E-state index is 0.0573. The maximum absolute atomic E-state index is 13.0. The van der Waals surface area contributed by atoms with Crippen LogP contribution in [0, 0.1) is 0 Å². The Labute approximate surface area is 291 Å². The molecule has 1 aliphatic heterocycles. The van der Waals surface area contributed by atoms with Crippen molar-refractivity contribution in [3.8, 4) is 17.2 Å². The molecular weight excluding hydrogens is 624 g/mol. The van der Waals surface area contributed by atoms with Gasteiger partial charge in [-0.25, -0.2) is 4.79 Å². The number of hydrogen-bond acceptors (Lipinski definition) is 8. The van der Waals surface area contributed by atoms with Gasteiger partial charge in [-0.15, -0.1) is 0 Å². The molecule has 1 N–H and O–H groups in total. The second-order valence-electron chi connectivity index (χ2n) is 13.0. The van der Waals surface area contributed by atoms with E-state index in [1.54, 1.807) is 12.0 Å². The zero-order chi connectivity index (χ0) is 35.1. The number of nitrogens with zero attached hydrogens (tertiary/aromatic N) is 1. The summed E-state index contributed by atoms with van der Waals surface area (Å²) >= 11 is 0. The summed E-state index contributed by atoms with van der Waals surface area (Å²) in [4.78, 5) is 26.0. The van der Waals surface area contributed by atoms with E-state index in [1.807, 2.05) is 81.4 Å². The molecule has 2 atom stereocenters. The van der Waals surface area contributed by atoms with Crippen LogP contribution < -0.4 is 19.5 Å². The number of likely N-dealkylation sites (tertiary alicyclic amines) is 1. The van der Waals surface area contributed by atoms with Crippen LogP contribution in [0.5, 0.6) is 17.2 Å². The Kier molecular flexibility index (Phi) is 14.6. The van der Waals surface area contributed by atoms with E-state index in [9.17, 15) is 9.59 Å². The first-order chi connectivity index (χ1) is 23.6. The fourth-order valence-corrected chi connectivity index (χ4v) is 5.76. The van der Waals surface area contributed by atoms with Gasteiger partial charge in [0.2, 0.25) is 5.91 Å². The van der Waals surface area contributed by atoms with Crippen LogP contribution in [0.2, 0.25) is 0 Å². The number of methoxy groups -OCH3 is 1. The van der Waals surface area contributed by atoms with Crippen molar-refractivity contribution < 1.29 is 38.0 Å². The van der Waals surface area contributed by atoms with Gasteiger partial charge in [0, 0.05) is 25.9 Å². The zero-order valence-corrected chi connectivity index (χ0v) is 29.6. The molecule has 10 nitrogen and oxygen atoms in total. The Morgan fingerprint density at radius 3 is 2.18 bits per heavy atom. The van der Waals surface area contributed by atoms with Crippen molar-refractivity contribution in [3.63, 3.8) is 0 Å². The smallest absolute Gasteiger partial charge is 0.410 e. The predicted molar refractivity (Wildman–Crippen MR) is 189 cm³/mol. The SMILES string of the molecule is COc1ccccc1CCOCCOc1ccc(C2CCN(C(=O)OC(C)(C)C)CC2OCCOc2ccccc2CCNC(C)=O)cc1.